The molecule has 5 heteroatoms. The van der Waals surface area contributed by atoms with Gasteiger partial charge >= 0.3 is 0 Å². The summed E-state index contributed by atoms with van der Waals surface area (Å²) < 4.78 is 7.54. The van der Waals surface area contributed by atoms with Gasteiger partial charge in [-0.2, -0.15) is 0 Å². The first-order valence-corrected chi connectivity index (χ1v) is 7.63. The lowest BCUT2D eigenvalue weighted by molar-refractivity contribution is 0.275. The van der Waals surface area contributed by atoms with E-state index >= 15 is 0 Å². The fourth-order valence-corrected chi connectivity index (χ4v) is 2.44. The molecule has 3 rings (SSSR count). The Balaban J connectivity index is 1.73. The van der Waals surface area contributed by atoms with E-state index in [0.29, 0.717) is 12.3 Å². The molecule has 0 saturated carbocycles. The largest absolute Gasteiger partial charge is 0.489 e. The lowest BCUT2D eigenvalue weighted by atomic mass is 10.2. The maximum Gasteiger partial charge on any atom is 0.119 e. The molecule has 0 amide bonds. The third-order valence-electron chi connectivity index (χ3n) is 3.66. The summed E-state index contributed by atoms with van der Waals surface area (Å²) in [5.74, 6) is 0.804. The van der Waals surface area contributed by atoms with Gasteiger partial charge in [-0.1, -0.05) is 42.5 Å². The Morgan fingerprint density at radius 1 is 1.04 bits per heavy atom. The van der Waals surface area contributed by atoms with E-state index in [1.807, 2.05) is 61.5 Å². The zero-order valence-electron chi connectivity index (χ0n) is 13.0. The highest BCUT2D eigenvalue weighted by molar-refractivity contribution is 5.38. The second-order valence-electron chi connectivity index (χ2n) is 5.17. The van der Waals surface area contributed by atoms with Crippen molar-refractivity contribution >= 4 is 0 Å². The summed E-state index contributed by atoms with van der Waals surface area (Å²) in [6.07, 6.45) is 0.759. The van der Waals surface area contributed by atoms with E-state index in [1.165, 1.54) is 0 Å². The molecule has 0 radical (unpaired) electrons. The number of aliphatic hydroxyl groups excluding tert-OH is 1. The summed E-state index contributed by atoms with van der Waals surface area (Å²) in [5, 5.41) is 17.4. The molecule has 5 nitrogen and oxygen atoms in total. The van der Waals surface area contributed by atoms with Gasteiger partial charge in [-0.25, -0.2) is 4.68 Å². The lowest BCUT2D eigenvalue weighted by Crippen LogP contribution is -2.03. The third kappa shape index (κ3) is 3.40. The van der Waals surface area contributed by atoms with E-state index in [9.17, 15) is 5.11 Å². The van der Waals surface area contributed by atoms with Gasteiger partial charge in [-0.15, -0.1) is 5.10 Å². The highest BCUT2D eigenvalue weighted by atomic mass is 16.5. The average molecular weight is 309 g/mol. The van der Waals surface area contributed by atoms with Crippen molar-refractivity contribution in [2.24, 2.45) is 0 Å². The van der Waals surface area contributed by atoms with Crippen molar-refractivity contribution in [2.75, 3.05) is 0 Å². The van der Waals surface area contributed by atoms with Gasteiger partial charge < -0.3 is 9.84 Å². The molecule has 23 heavy (non-hydrogen) atoms. The first-order valence-electron chi connectivity index (χ1n) is 7.63. The second kappa shape index (κ2) is 7.07. The van der Waals surface area contributed by atoms with Crippen LogP contribution in [0.3, 0.4) is 0 Å². The van der Waals surface area contributed by atoms with Crippen molar-refractivity contribution in [1.29, 1.82) is 0 Å². The number of aromatic nitrogens is 3. The quantitative estimate of drug-likeness (QED) is 0.760. The molecule has 0 spiro atoms. The van der Waals surface area contributed by atoms with Crippen LogP contribution in [0.15, 0.2) is 54.6 Å². The maximum absolute atomic E-state index is 9.30. The number of benzene rings is 2. The van der Waals surface area contributed by atoms with E-state index in [2.05, 4.69) is 10.3 Å². The Labute approximate surface area is 135 Å². The SMILES string of the molecule is CCc1c(CO)nnn1-c1ccc(OCc2ccccc2)cc1. The molecule has 1 aromatic heterocycles. The van der Waals surface area contributed by atoms with E-state index in [0.717, 1.165) is 29.1 Å². The molecular weight excluding hydrogens is 290 g/mol. The first-order chi connectivity index (χ1) is 11.3. The van der Waals surface area contributed by atoms with Crippen LogP contribution in [0.5, 0.6) is 5.75 Å². The van der Waals surface area contributed by atoms with Gasteiger partial charge in [0.05, 0.1) is 18.0 Å². The summed E-state index contributed by atoms with van der Waals surface area (Å²) in [5.41, 5.74) is 3.58. The summed E-state index contributed by atoms with van der Waals surface area (Å²) >= 11 is 0. The Morgan fingerprint density at radius 3 is 2.43 bits per heavy atom. The molecule has 0 aliphatic rings. The van der Waals surface area contributed by atoms with E-state index in [-0.39, 0.29) is 6.61 Å². The summed E-state index contributed by atoms with van der Waals surface area (Å²) in [6, 6.07) is 17.8. The minimum Gasteiger partial charge on any atom is -0.489 e. The predicted octanol–water partition coefficient (Wildman–Crippen LogP) is 2.90. The summed E-state index contributed by atoms with van der Waals surface area (Å²) in [7, 11) is 0. The van der Waals surface area contributed by atoms with Gasteiger partial charge in [0, 0.05) is 0 Å². The number of aliphatic hydroxyl groups is 1. The first kappa shape index (κ1) is 15.2. The Bertz CT molecular complexity index is 752. The molecule has 0 atom stereocenters. The maximum atomic E-state index is 9.30. The van der Waals surface area contributed by atoms with Gasteiger partial charge in [0.25, 0.3) is 0 Å². The number of rotatable bonds is 6. The molecule has 0 fully saturated rings. The van der Waals surface area contributed by atoms with Gasteiger partial charge in [0.2, 0.25) is 0 Å². The Morgan fingerprint density at radius 2 is 1.78 bits per heavy atom. The molecule has 118 valence electrons. The fraction of sp³-hybridized carbons (Fsp3) is 0.222. The molecular formula is C18H19N3O2. The van der Waals surface area contributed by atoms with Gasteiger partial charge in [-0.05, 0) is 36.2 Å². The van der Waals surface area contributed by atoms with E-state index in [1.54, 1.807) is 4.68 Å². The fourth-order valence-electron chi connectivity index (χ4n) is 2.44. The third-order valence-corrected chi connectivity index (χ3v) is 3.66. The number of hydrogen-bond donors (Lipinski definition) is 1. The highest BCUT2D eigenvalue weighted by Gasteiger charge is 2.11. The van der Waals surface area contributed by atoms with Crippen LogP contribution in [0.2, 0.25) is 0 Å². The number of hydrogen-bond acceptors (Lipinski definition) is 4. The van der Waals surface area contributed by atoms with Crippen molar-refractivity contribution in [3.05, 3.63) is 71.5 Å². The zero-order valence-corrected chi connectivity index (χ0v) is 13.0. The summed E-state index contributed by atoms with van der Waals surface area (Å²) in [4.78, 5) is 0. The standard InChI is InChI=1S/C18H19N3O2/c1-2-18-17(12-22)19-20-21(18)15-8-10-16(11-9-15)23-13-14-6-4-3-5-7-14/h3-11,22H,2,12-13H2,1H3. The van der Waals surface area contributed by atoms with Crippen molar-refractivity contribution in [3.8, 4) is 11.4 Å². The van der Waals surface area contributed by atoms with Crippen molar-refractivity contribution in [2.45, 2.75) is 26.6 Å². The van der Waals surface area contributed by atoms with Crippen molar-refractivity contribution in [1.82, 2.24) is 15.0 Å². The summed E-state index contributed by atoms with van der Waals surface area (Å²) in [6.45, 7) is 2.46. The predicted molar refractivity (Wildman–Crippen MR) is 87.4 cm³/mol. The molecule has 2 aromatic carbocycles. The molecule has 0 unspecified atom stereocenters. The van der Waals surface area contributed by atoms with Gasteiger partial charge in [0.15, 0.2) is 0 Å². The van der Waals surface area contributed by atoms with E-state index in [4.69, 9.17) is 4.74 Å². The van der Waals surface area contributed by atoms with E-state index < -0.39 is 0 Å². The monoisotopic (exact) mass is 309 g/mol. The van der Waals surface area contributed by atoms with Crippen molar-refractivity contribution < 1.29 is 9.84 Å². The second-order valence-corrected chi connectivity index (χ2v) is 5.17. The van der Waals surface area contributed by atoms with Crippen LogP contribution in [0.1, 0.15) is 23.9 Å². The van der Waals surface area contributed by atoms with Crippen LogP contribution in [-0.2, 0) is 19.6 Å². The normalized spacial score (nSPS) is 10.7. The van der Waals surface area contributed by atoms with Crippen LogP contribution in [0.25, 0.3) is 5.69 Å². The smallest absolute Gasteiger partial charge is 0.119 e. The molecule has 1 heterocycles. The van der Waals surface area contributed by atoms with Crippen LogP contribution in [-0.4, -0.2) is 20.1 Å². The lowest BCUT2D eigenvalue weighted by Gasteiger charge is -2.09. The molecule has 0 aliphatic carbocycles. The van der Waals surface area contributed by atoms with Crippen molar-refractivity contribution in [3.63, 3.8) is 0 Å². The molecule has 0 bridgehead atoms. The zero-order chi connectivity index (χ0) is 16.1. The minimum absolute atomic E-state index is 0.0958. The molecule has 3 aromatic rings. The topological polar surface area (TPSA) is 60.2 Å². The van der Waals surface area contributed by atoms with Gasteiger partial charge in [-0.3, -0.25) is 0 Å². The van der Waals surface area contributed by atoms with Crippen LogP contribution < -0.4 is 4.74 Å². The molecule has 0 aliphatic heterocycles. The van der Waals surface area contributed by atoms with Crippen LogP contribution >= 0.6 is 0 Å². The molecule has 1 N–H and O–H groups in total. The number of nitrogens with zero attached hydrogens (tertiary/aromatic N) is 3. The van der Waals surface area contributed by atoms with Crippen LogP contribution in [0.4, 0.5) is 0 Å². The Kier molecular flexibility index (Phi) is 4.68. The van der Waals surface area contributed by atoms with Gasteiger partial charge in [0.1, 0.15) is 18.1 Å². The molecule has 0 saturated heterocycles. The highest BCUT2D eigenvalue weighted by Crippen LogP contribution is 2.19. The number of ether oxygens (including phenoxy) is 1. The Hall–Kier alpha value is -2.66. The average Bonchev–Trinajstić information content (AvgIpc) is 3.04. The minimum atomic E-state index is -0.0958. The van der Waals surface area contributed by atoms with Crippen LogP contribution in [0, 0.1) is 0 Å².